The summed E-state index contributed by atoms with van der Waals surface area (Å²) in [6.45, 7) is 2.80. The number of amides is 1. The Bertz CT molecular complexity index is 1000. The van der Waals surface area contributed by atoms with Crippen molar-refractivity contribution >= 4 is 40.3 Å². The Morgan fingerprint density at radius 2 is 1.81 bits per heavy atom. The predicted octanol–water partition coefficient (Wildman–Crippen LogP) is 5.69. The first-order valence-electron chi connectivity index (χ1n) is 9.12. The summed E-state index contributed by atoms with van der Waals surface area (Å²) >= 11 is 1.81. The number of hydrogen-bond donors (Lipinski definition) is 1. The number of carbonyl (C=O) groups excluding carboxylic acids is 1. The highest BCUT2D eigenvalue weighted by Gasteiger charge is 2.23. The Labute approximate surface area is 164 Å². The summed E-state index contributed by atoms with van der Waals surface area (Å²) in [5, 5.41) is 3.09. The van der Waals surface area contributed by atoms with E-state index in [1.54, 1.807) is 0 Å². The Morgan fingerprint density at radius 3 is 2.52 bits per heavy atom. The highest BCUT2D eigenvalue weighted by Crippen LogP contribution is 2.35. The van der Waals surface area contributed by atoms with Crippen molar-refractivity contribution in [3.63, 3.8) is 0 Å². The second kappa shape index (κ2) is 7.41. The third-order valence-electron chi connectivity index (χ3n) is 4.88. The lowest BCUT2D eigenvalue weighted by Crippen LogP contribution is -2.32. The molecule has 1 aliphatic rings. The van der Waals surface area contributed by atoms with Gasteiger partial charge in [0.05, 0.1) is 5.69 Å². The quantitative estimate of drug-likeness (QED) is 0.639. The predicted molar refractivity (Wildman–Crippen MR) is 116 cm³/mol. The summed E-state index contributed by atoms with van der Waals surface area (Å²) < 4.78 is 0. The van der Waals surface area contributed by atoms with Crippen LogP contribution >= 0.6 is 11.3 Å². The molecule has 1 aliphatic heterocycles. The second-order valence-electron chi connectivity index (χ2n) is 6.67. The first kappa shape index (κ1) is 17.6. The number of rotatable bonds is 3. The van der Waals surface area contributed by atoms with E-state index >= 15 is 0 Å². The molecule has 0 atom stereocenters. The van der Waals surface area contributed by atoms with E-state index in [9.17, 15) is 4.79 Å². The Hall–Kier alpha value is -2.85. The molecule has 2 heterocycles. The molecule has 4 rings (SSSR count). The lowest BCUT2D eigenvalue weighted by molar-refractivity contribution is 0.0987. The van der Waals surface area contributed by atoms with Gasteiger partial charge >= 0.3 is 0 Å². The first-order chi connectivity index (χ1) is 13.2. The van der Waals surface area contributed by atoms with Crippen LogP contribution in [0, 0.1) is 6.92 Å². The van der Waals surface area contributed by atoms with Crippen LogP contribution < -0.4 is 10.2 Å². The average Bonchev–Trinajstić information content (AvgIpc) is 3.04. The lowest BCUT2D eigenvalue weighted by Gasteiger charge is -2.23. The summed E-state index contributed by atoms with van der Waals surface area (Å²) in [6, 6.07) is 20.1. The highest BCUT2D eigenvalue weighted by atomic mass is 32.1. The highest BCUT2D eigenvalue weighted by molar-refractivity contribution is 7.13. The van der Waals surface area contributed by atoms with E-state index in [0.717, 1.165) is 23.4 Å². The molecule has 4 heteroatoms. The van der Waals surface area contributed by atoms with Gasteiger partial charge in [-0.3, -0.25) is 4.79 Å². The summed E-state index contributed by atoms with van der Waals surface area (Å²) in [5.41, 5.74) is 5.07. The van der Waals surface area contributed by atoms with E-state index in [0.29, 0.717) is 12.1 Å². The molecule has 0 radical (unpaired) electrons. The minimum Gasteiger partial charge on any atom is -0.388 e. The van der Waals surface area contributed by atoms with Crippen molar-refractivity contribution in [3.8, 4) is 0 Å². The fourth-order valence-electron chi connectivity index (χ4n) is 3.42. The van der Waals surface area contributed by atoms with Crippen LogP contribution in [0.5, 0.6) is 0 Å². The smallest absolute Gasteiger partial charge is 0.258 e. The van der Waals surface area contributed by atoms with Gasteiger partial charge in [0, 0.05) is 34.6 Å². The molecule has 3 aromatic rings. The van der Waals surface area contributed by atoms with Crippen LogP contribution in [0.15, 0.2) is 60.7 Å². The fourth-order valence-corrected chi connectivity index (χ4v) is 4.33. The maximum absolute atomic E-state index is 13.2. The van der Waals surface area contributed by atoms with E-state index in [-0.39, 0.29) is 5.91 Å². The lowest BCUT2D eigenvalue weighted by atomic mass is 10.1. The minimum atomic E-state index is 0.0436. The van der Waals surface area contributed by atoms with E-state index in [1.165, 1.54) is 15.3 Å². The molecule has 0 saturated carbocycles. The largest absolute Gasteiger partial charge is 0.388 e. The van der Waals surface area contributed by atoms with Crippen molar-refractivity contribution in [1.29, 1.82) is 0 Å². The Morgan fingerprint density at radius 1 is 1.04 bits per heavy atom. The van der Waals surface area contributed by atoms with Crippen LogP contribution in [0.2, 0.25) is 0 Å². The second-order valence-corrected chi connectivity index (χ2v) is 7.96. The first-order valence-corrected chi connectivity index (χ1v) is 9.93. The molecular weight excluding hydrogens is 352 g/mol. The SMILES string of the molecule is CNc1ccc(C(=O)N2CCC(c3ccc(C)s3)=Cc3ccccc32)cc1. The van der Waals surface area contributed by atoms with Crippen molar-refractivity contribution in [2.24, 2.45) is 0 Å². The molecule has 0 aliphatic carbocycles. The van der Waals surface area contributed by atoms with E-state index < -0.39 is 0 Å². The number of thiophene rings is 1. The molecule has 1 N–H and O–H groups in total. The van der Waals surface area contributed by atoms with Gasteiger partial charge in [0.25, 0.3) is 5.91 Å². The van der Waals surface area contributed by atoms with Crippen LogP contribution in [0.4, 0.5) is 11.4 Å². The van der Waals surface area contributed by atoms with Gasteiger partial charge in [-0.05, 0) is 73.0 Å². The number of fused-ring (bicyclic) bond motifs is 1. The molecular formula is C23H22N2OS. The van der Waals surface area contributed by atoms with Gasteiger partial charge in [0.15, 0.2) is 0 Å². The maximum Gasteiger partial charge on any atom is 0.258 e. The van der Waals surface area contributed by atoms with Crippen molar-refractivity contribution in [1.82, 2.24) is 0 Å². The van der Waals surface area contributed by atoms with E-state index in [1.807, 2.05) is 65.7 Å². The summed E-state index contributed by atoms with van der Waals surface area (Å²) in [4.78, 5) is 17.8. The Kier molecular flexibility index (Phi) is 4.82. The average molecular weight is 375 g/mol. The van der Waals surface area contributed by atoms with Crippen molar-refractivity contribution < 1.29 is 4.79 Å². The molecule has 0 unspecified atom stereocenters. The standard InChI is InChI=1S/C23H22N2OS/c1-16-7-12-22(27-16)19-13-14-25(21-6-4-3-5-18(21)15-19)23(26)17-8-10-20(24-2)11-9-17/h3-12,15,24H,13-14H2,1-2H3. The molecule has 0 spiro atoms. The van der Waals surface area contributed by atoms with E-state index in [2.05, 4.69) is 36.5 Å². The number of anilines is 2. The maximum atomic E-state index is 13.2. The Balaban J connectivity index is 1.69. The minimum absolute atomic E-state index is 0.0436. The van der Waals surface area contributed by atoms with Gasteiger partial charge in [0.1, 0.15) is 0 Å². The number of nitrogens with zero attached hydrogens (tertiary/aromatic N) is 1. The molecule has 0 fully saturated rings. The van der Waals surface area contributed by atoms with Crippen LogP contribution in [-0.2, 0) is 0 Å². The van der Waals surface area contributed by atoms with Crippen LogP contribution in [0.3, 0.4) is 0 Å². The number of aryl methyl sites for hydroxylation is 1. The fraction of sp³-hybridized carbons (Fsp3) is 0.174. The van der Waals surface area contributed by atoms with Gasteiger partial charge in [-0.2, -0.15) is 0 Å². The number of para-hydroxylation sites is 1. The van der Waals surface area contributed by atoms with Crippen molar-refractivity contribution in [2.45, 2.75) is 13.3 Å². The van der Waals surface area contributed by atoms with Crippen LogP contribution in [-0.4, -0.2) is 19.5 Å². The topological polar surface area (TPSA) is 32.3 Å². The van der Waals surface area contributed by atoms with Gasteiger partial charge in [-0.25, -0.2) is 0 Å². The number of nitrogens with one attached hydrogen (secondary N) is 1. The molecule has 0 bridgehead atoms. The van der Waals surface area contributed by atoms with Gasteiger partial charge in [0.2, 0.25) is 0 Å². The summed E-state index contributed by atoms with van der Waals surface area (Å²) in [7, 11) is 1.88. The number of hydrogen-bond acceptors (Lipinski definition) is 3. The van der Waals surface area contributed by atoms with Crippen molar-refractivity contribution in [2.75, 3.05) is 23.8 Å². The van der Waals surface area contributed by atoms with Gasteiger partial charge < -0.3 is 10.2 Å². The summed E-state index contributed by atoms with van der Waals surface area (Å²) in [6.07, 6.45) is 3.08. The van der Waals surface area contributed by atoms with Gasteiger partial charge in [-0.15, -0.1) is 11.3 Å². The zero-order chi connectivity index (χ0) is 18.8. The van der Waals surface area contributed by atoms with Crippen LogP contribution in [0.1, 0.15) is 32.1 Å². The normalized spacial score (nSPS) is 13.6. The molecule has 1 aromatic heterocycles. The number of carbonyl (C=O) groups is 1. The molecule has 2 aromatic carbocycles. The molecule has 0 saturated heterocycles. The van der Waals surface area contributed by atoms with E-state index in [4.69, 9.17) is 0 Å². The molecule has 1 amide bonds. The summed E-state index contributed by atoms with van der Waals surface area (Å²) in [5.74, 6) is 0.0436. The molecule has 27 heavy (non-hydrogen) atoms. The number of benzene rings is 2. The van der Waals surface area contributed by atoms with Crippen LogP contribution in [0.25, 0.3) is 11.6 Å². The zero-order valence-electron chi connectivity index (χ0n) is 15.5. The third kappa shape index (κ3) is 3.53. The van der Waals surface area contributed by atoms with Crippen molar-refractivity contribution in [3.05, 3.63) is 81.5 Å². The third-order valence-corrected chi connectivity index (χ3v) is 5.96. The van der Waals surface area contributed by atoms with Gasteiger partial charge in [-0.1, -0.05) is 18.2 Å². The molecule has 136 valence electrons. The zero-order valence-corrected chi connectivity index (χ0v) is 16.3. The monoisotopic (exact) mass is 374 g/mol. The molecule has 3 nitrogen and oxygen atoms in total.